The van der Waals surface area contributed by atoms with Crippen LogP contribution in [0.1, 0.15) is 56.1 Å². The molecule has 0 radical (unpaired) electrons. The van der Waals surface area contributed by atoms with E-state index >= 15 is 0 Å². The number of hydrogen-bond donors (Lipinski definition) is 0. The lowest BCUT2D eigenvalue weighted by Gasteiger charge is -2.32. The molecule has 6 nitrogen and oxygen atoms in total. The number of aromatic nitrogens is 4. The monoisotopic (exact) mass is 400 g/mol. The molecule has 2 aliphatic heterocycles. The summed E-state index contributed by atoms with van der Waals surface area (Å²) in [6, 6.07) is 6.49. The van der Waals surface area contributed by atoms with Crippen LogP contribution in [0.4, 0.5) is 0 Å². The maximum atomic E-state index is 4.68. The first-order valence-electron chi connectivity index (χ1n) is 10.7. The van der Waals surface area contributed by atoms with E-state index in [2.05, 4.69) is 42.7 Å². The van der Waals surface area contributed by atoms with Crippen molar-refractivity contribution in [3.05, 3.63) is 35.9 Å². The maximum absolute atomic E-state index is 4.68. The van der Waals surface area contributed by atoms with Crippen LogP contribution in [0.15, 0.2) is 29.6 Å². The standard InChI is InChI=1S/C21H32N6S/c1-25-12-8-4-10-19(25)20-23-24-21(28-17-18-9-3-5-11-22-18)27(20)16-15-26-13-6-2-7-14-26/h3,5,9,11,19H,2,4,6-8,10,12-17H2,1H3. The maximum Gasteiger partial charge on any atom is 0.191 e. The summed E-state index contributed by atoms with van der Waals surface area (Å²) in [5.74, 6) is 1.99. The van der Waals surface area contributed by atoms with E-state index in [1.165, 1.54) is 51.6 Å². The summed E-state index contributed by atoms with van der Waals surface area (Å²) >= 11 is 1.76. The first-order valence-corrected chi connectivity index (χ1v) is 11.7. The van der Waals surface area contributed by atoms with Crippen molar-refractivity contribution in [2.45, 2.75) is 62.0 Å². The molecular formula is C21H32N6S. The van der Waals surface area contributed by atoms with Gasteiger partial charge in [-0.05, 0) is 64.5 Å². The molecule has 0 saturated carbocycles. The molecule has 2 aromatic heterocycles. The summed E-state index contributed by atoms with van der Waals surface area (Å²) in [4.78, 5) is 9.52. The second-order valence-corrected chi connectivity index (χ2v) is 8.94. The summed E-state index contributed by atoms with van der Waals surface area (Å²) in [6.45, 7) is 5.70. The van der Waals surface area contributed by atoms with E-state index in [0.717, 1.165) is 42.1 Å². The average Bonchev–Trinajstić information content (AvgIpc) is 3.15. The predicted octanol–water partition coefficient (Wildman–Crippen LogP) is 3.61. The van der Waals surface area contributed by atoms with Gasteiger partial charge >= 0.3 is 0 Å². The molecule has 1 atom stereocenters. The van der Waals surface area contributed by atoms with E-state index in [1.54, 1.807) is 11.8 Å². The second-order valence-electron chi connectivity index (χ2n) is 8.00. The molecule has 0 aliphatic carbocycles. The largest absolute Gasteiger partial charge is 0.303 e. The summed E-state index contributed by atoms with van der Waals surface area (Å²) in [6.07, 6.45) is 9.67. The molecule has 4 rings (SSSR count). The summed E-state index contributed by atoms with van der Waals surface area (Å²) in [5, 5.41) is 10.3. The number of hydrogen-bond acceptors (Lipinski definition) is 6. The minimum Gasteiger partial charge on any atom is -0.303 e. The Labute approximate surface area is 172 Å². The Balaban J connectivity index is 1.50. The zero-order chi connectivity index (χ0) is 19.2. The van der Waals surface area contributed by atoms with Crippen molar-refractivity contribution < 1.29 is 0 Å². The lowest BCUT2D eigenvalue weighted by molar-refractivity contribution is 0.170. The van der Waals surface area contributed by atoms with Gasteiger partial charge in [0, 0.05) is 25.0 Å². The molecule has 2 saturated heterocycles. The fourth-order valence-corrected chi connectivity index (χ4v) is 5.20. The molecule has 0 amide bonds. The van der Waals surface area contributed by atoms with Crippen molar-refractivity contribution in [3.8, 4) is 0 Å². The van der Waals surface area contributed by atoms with E-state index < -0.39 is 0 Å². The van der Waals surface area contributed by atoms with Gasteiger partial charge in [0.25, 0.3) is 0 Å². The third-order valence-corrected chi connectivity index (χ3v) is 6.98. The first-order chi connectivity index (χ1) is 13.8. The molecule has 0 aromatic carbocycles. The zero-order valence-corrected chi connectivity index (χ0v) is 17.8. The quantitative estimate of drug-likeness (QED) is 0.662. The van der Waals surface area contributed by atoms with Gasteiger partial charge in [0.2, 0.25) is 0 Å². The highest BCUT2D eigenvalue weighted by atomic mass is 32.2. The third-order valence-electron chi connectivity index (χ3n) is 5.98. The van der Waals surface area contributed by atoms with Crippen molar-refractivity contribution in [1.29, 1.82) is 0 Å². The van der Waals surface area contributed by atoms with Crippen LogP contribution in [-0.2, 0) is 12.3 Å². The molecule has 2 aliphatic rings. The van der Waals surface area contributed by atoms with Gasteiger partial charge < -0.3 is 9.47 Å². The first kappa shape index (κ1) is 19.9. The zero-order valence-electron chi connectivity index (χ0n) is 17.0. The van der Waals surface area contributed by atoms with Gasteiger partial charge in [-0.15, -0.1) is 10.2 Å². The lowest BCUT2D eigenvalue weighted by atomic mass is 10.0. The minimum atomic E-state index is 0.395. The van der Waals surface area contributed by atoms with Crippen LogP contribution in [0.25, 0.3) is 0 Å². The van der Waals surface area contributed by atoms with Crippen LogP contribution in [0.2, 0.25) is 0 Å². The number of piperidine rings is 2. The molecule has 0 N–H and O–H groups in total. The van der Waals surface area contributed by atoms with E-state index in [9.17, 15) is 0 Å². The number of pyridine rings is 1. The van der Waals surface area contributed by atoms with Crippen molar-refractivity contribution in [1.82, 2.24) is 29.5 Å². The Morgan fingerprint density at radius 1 is 1.00 bits per heavy atom. The van der Waals surface area contributed by atoms with Crippen LogP contribution in [0.3, 0.4) is 0 Å². The van der Waals surface area contributed by atoms with Crippen LogP contribution in [0.5, 0.6) is 0 Å². The number of thioether (sulfide) groups is 1. The average molecular weight is 401 g/mol. The van der Waals surface area contributed by atoms with E-state index in [1.807, 2.05) is 18.3 Å². The molecule has 0 spiro atoms. The van der Waals surface area contributed by atoms with Gasteiger partial charge in [-0.1, -0.05) is 30.7 Å². The van der Waals surface area contributed by atoms with Gasteiger partial charge in [0.15, 0.2) is 11.0 Å². The molecule has 4 heterocycles. The smallest absolute Gasteiger partial charge is 0.191 e. The minimum absolute atomic E-state index is 0.395. The van der Waals surface area contributed by atoms with Gasteiger partial charge in [-0.3, -0.25) is 9.88 Å². The Bertz CT molecular complexity index is 728. The Morgan fingerprint density at radius 3 is 2.64 bits per heavy atom. The highest BCUT2D eigenvalue weighted by Crippen LogP contribution is 2.31. The molecular weight excluding hydrogens is 368 g/mol. The second kappa shape index (κ2) is 9.85. The molecule has 7 heteroatoms. The van der Waals surface area contributed by atoms with Crippen LogP contribution in [-0.4, -0.2) is 62.8 Å². The summed E-state index contributed by atoms with van der Waals surface area (Å²) < 4.78 is 2.40. The van der Waals surface area contributed by atoms with Gasteiger partial charge in [-0.25, -0.2) is 0 Å². The van der Waals surface area contributed by atoms with Gasteiger partial charge in [-0.2, -0.15) is 0 Å². The van der Waals surface area contributed by atoms with Gasteiger partial charge in [0.1, 0.15) is 0 Å². The SMILES string of the molecule is CN1CCCCC1c1nnc(SCc2ccccn2)n1CCN1CCCCC1. The van der Waals surface area contributed by atoms with Crippen molar-refractivity contribution in [3.63, 3.8) is 0 Å². The Hall–Kier alpha value is -1.44. The van der Waals surface area contributed by atoms with Crippen LogP contribution < -0.4 is 0 Å². The third kappa shape index (κ3) is 4.93. The Morgan fingerprint density at radius 2 is 1.86 bits per heavy atom. The molecule has 28 heavy (non-hydrogen) atoms. The summed E-state index contributed by atoms with van der Waals surface area (Å²) in [7, 11) is 2.23. The van der Waals surface area contributed by atoms with Crippen molar-refractivity contribution >= 4 is 11.8 Å². The molecule has 1 unspecified atom stereocenters. The molecule has 2 aromatic rings. The number of rotatable bonds is 7. The lowest BCUT2D eigenvalue weighted by Crippen LogP contribution is -2.35. The van der Waals surface area contributed by atoms with E-state index in [0.29, 0.717) is 6.04 Å². The Kier molecular flexibility index (Phi) is 6.99. The molecule has 2 fully saturated rings. The van der Waals surface area contributed by atoms with Crippen LogP contribution in [0, 0.1) is 0 Å². The fourth-order valence-electron chi connectivity index (χ4n) is 4.31. The highest BCUT2D eigenvalue weighted by molar-refractivity contribution is 7.98. The topological polar surface area (TPSA) is 50.1 Å². The molecule has 152 valence electrons. The fraction of sp³-hybridized carbons (Fsp3) is 0.667. The normalized spacial score (nSPS) is 21.8. The molecule has 0 bridgehead atoms. The van der Waals surface area contributed by atoms with Gasteiger partial charge in [0.05, 0.1) is 11.7 Å². The predicted molar refractivity (Wildman–Crippen MR) is 113 cm³/mol. The van der Waals surface area contributed by atoms with Crippen LogP contribution >= 0.6 is 11.8 Å². The number of likely N-dealkylation sites (tertiary alicyclic amines) is 2. The van der Waals surface area contributed by atoms with E-state index in [4.69, 9.17) is 0 Å². The summed E-state index contributed by atoms with van der Waals surface area (Å²) in [5.41, 5.74) is 1.09. The van der Waals surface area contributed by atoms with Crippen molar-refractivity contribution in [2.75, 3.05) is 33.2 Å². The number of nitrogens with zero attached hydrogens (tertiary/aromatic N) is 6. The van der Waals surface area contributed by atoms with E-state index in [-0.39, 0.29) is 0 Å². The highest BCUT2D eigenvalue weighted by Gasteiger charge is 2.27. The van der Waals surface area contributed by atoms with Crippen molar-refractivity contribution in [2.24, 2.45) is 0 Å².